The Morgan fingerprint density at radius 3 is 1.06 bits per heavy atom. The van der Waals surface area contributed by atoms with Gasteiger partial charge in [-0.05, 0) is 237 Å². The third-order valence-electron chi connectivity index (χ3n) is 18.9. The van der Waals surface area contributed by atoms with Gasteiger partial charge in [0.1, 0.15) is 97.4 Å². The maximum absolute atomic E-state index is 14.3. The van der Waals surface area contributed by atoms with Crippen LogP contribution in [0.4, 0.5) is 65.9 Å². The van der Waals surface area contributed by atoms with Gasteiger partial charge in [0.25, 0.3) is 35.5 Å². The average molecular weight is 1840 g/mol. The lowest BCUT2D eigenvalue weighted by Crippen LogP contribution is -2.50. The lowest BCUT2D eigenvalue weighted by molar-refractivity contribution is -0.177. The number of alkyl halides is 6. The van der Waals surface area contributed by atoms with Gasteiger partial charge >= 0.3 is 19.1 Å². The number of amides is 3. The number of halogens is 16. The molecule has 19 nitrogen and oxygen atoms in total. The second kappa shape index (κ2) is 40.4. The van der Waals surface area contributed by atoms with Crippen LogP contribution in [-0.2, 0) is 38.3 Å². The van der Waals surface area contributed by atoms with Gasteiger partial charge in [0.2, 0.25) is 0 Å². The van der Waals surface area contributed by atoms with Gasteiger partial charge in [-0.2, -0.15) is 0 Å². The van der Waals surface area contributed by atoms with Crippen molar-refractivity contribution in [3.8, 4) is 57.8 Å². The van der Waals surface area contributed by atoms with E-state index in [2.05, 4.69) is 66.4 Å². The van der Waals surface area contributed by atoms with Gasteiger partial charge in [-0.15, -0.1) is 0 Å². The van der Waals surface area contributed by atoms with Crippen LogP contribution < -0.4 is 28.4 Å². The smallest absolute Gasteiger partial charge is 0.460 e. The van der Waals surface area contributed by atoms with Crippen molar-refractivity contribution in [2.45, 2.75) is 183 Å². The number of hydrogen-bond donors (Lipinski definition) is 9. The zero-order valence-electron chi connectivity index (χ0n) is 67.7. The number of esters is 2. The summed E-state index contributed by atoms with van der Waals surface area (Å²) in [5.41, 5.74) is 16.6. The Bertz CT molecular complexity index is 5800. The standard InChI is InChI=1S/C32H29F5N2O4.C26H20F5N3O2.C25H24BrF4NO3.C7H7BFNO3.CH4/c1-30(2,3)43-27(40)14-20(10-18-11-21(33)15-22(34)12-18)28-24(19-4-7-26(35)25(13-19)29(38)41)6-5-23(39-28)8-9-31(42)16-32(36,37)17-31;27-16-7-14(8-17(28)11-16)9-22(32)23-19(15-1-4-21(29)20(10-15)24(33)35)3-2-18(34-23)5-6-25(36)12-26(30,31)13-25;1-23(2,3)34-21(32)11-16(8-15-9-17(27)12-18(28)10-15)22-20(26)5-4-19(31-22)6-7-24(33)13-25(29,30)14-24;9-6-2-1-4(8(12)13)3-5(6)7(10)11;/h4-7,11-13,15,20,42H,10,14,16-17H2,1-3H3,(H2,38,41);1-4,7-8,10-11,22,36H,9,12-13,32H2,(H2,33,35);4-5,9-10,12,16,33H,8,11,13-14H2,1-3H3;1-3,12-13H,(H2,10,11);1H4/t20-;22-;16-;;/m101../s1. The number of ether oxygens (including phenoxy) is 2. The first kappa shape index (κ1) is 100. The highest BCUT2D eigenvalue weighted by molar-refractivity contribution is 9.10. The molecule has 3 aromatic heterocycles. The molecule has 3 aliphatic carbocycles. The summed E-state index contributed by atoms with van der Waals surface area (Å²) in [7, 11) is -1.74. The van der Waals surface area contributed by atoms with E-state index in [-0.39, 0.29) is 101 Å². The Morgan fingerprint density at radius 2 is 0.732 bits per heavy atom. The summed E-state index contributed by atoms with van der Waals surface area (Å²) in [6.45, 7) is 10.2. The Labute approximate surface area is 728 Å². The molecule has 3 fully saturated rings. The predicted octanol–water partition coefficient (Wildman–Crippen LogP) is 14.8. The molecular formula is C91H84BBrF15N7O12. The topological polar surface area (TPSA) is 348 Å². The van der Waals surface area contributed by atoms with Crippen LogP contribution in [0.25, 0.3) is 22.3 Å². The van der Waals surface area contributed by atoms with Gasteiger partial charge in [-0.3, -0.25) is 24.0 Å². The van der Waals surface area contributed by atoms with E-state index in [1.165, 1.54) is 66.7 Å². The molecule has 0 spiro atoms. The van der Waals surface area contributed by atoms with Crippen LogP contribution >= 0.6 is 15.9 Å². The molecule has 36 heteroatoms. The van der Waals surface area contributed by atoms with Crippen LogP contribution in [0.2, 0.25) is 0 Å². The van der Waals surface area contributed by atoms with Crippen molar-refractivity contribution in [3.05, 3.63) is 270 Å². The molecule has 0 saturated heterocycles. The number of pyridine rings is 3. The third-order valence-corrected chi connectivity index (χ3v) is 19.6. The zero-order valence-corrected chi connectivity index (χ0v) is 69.3. The molecule has 3 aliphatic rings. The summed E-state index contributed by atoms with van der Waals surface area (Å²) in [6, 6.07) is 27.4. The van der Waals surface area contributed by atoms with Crippen LogP contribution in [0.5, 0.6) is 0 Å². The number of aliphatic hydroxyl groups is 3. The Hall–Kier alpha value is -11.9. The average Bonchev–Trinajstić information content (AvgIpc) is 0.767. The third kappa shape index (κ3) is 29.0. The number of benzene rings is 6. The van der Waals surface area contributed by atoms with Crippen molar-refractivity contribution < 1.29 is 125 Å². The molecular weight excluding hydrogens is 1760 g/mol. The van der Waals surface area contributed by atoms with E-state index in [0.717, 1.165) is 60.7 Å². The summed E-state index contributed by atoms with van der Waals surface area (Å²) in [5.74, 6) is -6.81. The second-order valence-corrected chi connectivity index (χ2v) is 33.3. The van der Waals surface area contributed by atoms with Crippen LogP contribution in [0.1, 0.15) is 200 Å². The van der Waals surface area contributed by atoms with Gasteiger partial charge < -0.3 is 57.8 Å². The number of rotatable bonds is 19. The molecule has 0 radical (unpaired) electrons. The van der Waals surface area contributed by atoms with E-state index >= 15 is 0 Å². The van der Waals surface area contributed by atoms with Crippen LogP contribution in [0.3, 0.4) is 0 Å². The van der Waals surface area contributed by atoms with Crippen molar-refractivity contribution in [3.63, 3.8) is 0 Å². The monoisotopic (exact) mass is 1840 g/mol. The lowest BCUT2D eigenvalue weighted by Gasteiger charge is -2.39. The van der Waals surface area contributed by atoms with E-state index in [9.17, 15) is 105 Å². The van der Waals surface area contributed by atoms with Crippen LogP contribution in [0.15, 0.2) is 150 Å². The van der Waals surface area contributed by atoms with Crippen molar-refractivity contribution in [1.82, 2.24) is 15.0 Å². The van der Waals surface area contributed by atoms with Crippen molar-refractivity contribution in [2.24, 2.45) is 22.9 Å². The Balaban J connectivity index is 0.000000220. The first-order valence-corrected chi connectivity index (χ1v) is 39.0. The molecule has 3 amide bonds. The Kier molecular flexibility index (Phi) is 31.9. The Morgan fingerprint density at radius 1 is 0.433 bits per heavy atom. The molecule has 0 aliphatic heterocycles. The zero-order chi connectivity index (χ0) is 93.3. The fraction of sp³-hybridized carbons (Fsp3) is 0.319. The summed E-state index contributed by atoms with van der Waals surface area (Å²) in [5, 5.41) is 47.9. The number of hydrogen-bond acceptors (Lipinski definition) is 16. The molecule has 3 saturated carbocycles. The minimum Gasteiger partial charge on any atom is -0.460 e. The van der Waals surface area contributed by atoms with Crippen molar-refractivity contribution >= 4 is 58.2 Å². The summed E-state index contributed by atoms with van der Waals surface area (Å²) >= 11 is 3.40. The SMILES string of the molecule is C.CC(C)(C)OC(=O)C[C@@H](Cc1cc(F)cc(F)c1)c1nc(C#CC2(O)CC(F)(F)C2)ccc1-c1ccc(F)c(C(N)=O)c1.CC(C)(C)OC(=O)C[C@@H](Cc1cc(F)cc(F)c1)c1nc(C#CC2(O)CC(F)(F)C2)ccc1Br.NC(=O)c1cc(-c2ccc(C#CC3(O)CC(F)(F)C3)nc2[C@@H](N)Cc2cc(F)cc(F)c2)ccc1F.NC(=O)c1cc(B(O)O)ccc1F. The van der Waals surface area contributed by atoms with Gasteiger partial charge in [0.15, 0.2) is 0 Å². The van der Waals surface area contributed by atoms with E-state index in [4.69, 9.17) is 42.5 Å². The molecule has 127 heavy (non-hydrogen) atoms. The first-order chi connectivity index (χ1) is 58.4. The number of carbonyl (C=O) groups is 5. The molecule has 0 bridgehead atoms. The van der Waals surface area contributed by atoms with E-state index in [1.807, 2.05) is 0 Å². The molecule has 3 heterocycles. The van der Waals surface area contributed by atoms with Crippen molar-refractivity contribution in [1.29, 1.82) is 0 Å². The highest BCUT2D eigenvalue weighted by Gasteiger charge is 2.57. The van der Waals surface area contributed by atoms with Gasteiger partial charge in [0.05, 0.1) is 91.2 Å². The maximum atomic E-state index is 14.3. The van der Waals surface area contributed by atoms with E-state index in [1.54, 1.807) is 47.6 Å². The maximum Gasteiger partial charge on any atom is 0.488 e. The second-order valence-electron chi connectivity index (χ2n) is 32.4. The molecule has 6 aromatic carbocycles. The lowest BCUT2D eigenvalue weighted by atomic mass is 9.77. The summed E-state index contributed by atoms with van der Waals surface area (Å²) in [6.07, 6.45) is -5.29. The fourth-order valence-electron chi connectivity index (χ4n) is 13.7. The van der Waals surface area contributed by atoms with Crippen LogP contribution in [-0.4, -0.2) is 123 Å². The molecule has 670 valence electrons. The summed E-state index contributed by atoms with van der Waals surface area (Å²) in [4.78, 5) is 73.1. The number of primary amides is 3. The minimum atomic E-state index is -3.04. The fourth-order valence-corrected chi connectivity index (χ4v) is 14.2. The number of nitrogens with zero attached hydrogens (tertiary/aromatic N) is 3. The predicted molar refractivity (Wildman–Crippen MR) is 441 cm³/mol. The molecule has 12 rings (SSSR count). The highest BCUT2D eigenvalue weighted by atomic mass is 79.9. The van der Waals surface area contributed by atoms with E-state index in [0.29, 0.717) is 44.6 Å². The number of carbonyl (C=O) groups excluding carboxylic acids is 5. The minimum absolute atomic E-state index is 0. The molecule has 13 N–H and O–H groups in total. The summed E-state index contributed by atoms with van der Waals surface area (Å²) < 4.78 is 215. The molecule has 3 atom stereocenters. The number of aromatic nitrogens is 3. The van der Waals surface area contributed by atoms with Gasteiger partial charge in [-0.25, -0.2) is 80.8 Å². The number of nitrogens with two attached hydrogens (primary N) is 4. The molecule has 9 aromatic rings. The highest BCUT2D eigenvalue weighted by Crippen LogP contribution is 2.48. The van der Waals surface area contributed by atoms with E-state index < -0.39 is 197 Å². The van der Waals surface area contributed by atoms with Crippen molar-refractivity contribution in [2.75, 3.05) is 0 Å². The largest absolute Gasteiger partial charge is 0.488 e. The quantitative estimate of drug-likeness (QED) is 0.0157. The van der Waals surface area contributed by atoms with Gasteiger partial charge in [0, 0.05) is 45.6 Å². The first-order valence-electron chi connectivity index (χ1n) is 38.2. The van der Waals surface area contributed by atoms with Crippen LogP contribution in [0, 0.1) is 87.9 Å². The molecule has 0 unspecified atom stereocenters. The normalized spacial score (nSPS) is 15.7. The van der Waals surface area contributed by atoms with Gasteiger partial charge in [-0.1, -0.05) is 43.4 Å².